The largest absolute Gasteiger partial charge is 0.447 e. The van der Waals surface area contributed by atoms with Crippen LogP contribution in [0.1, 0.15) is 0 Å². The molecule has 17 heteroatoms. The minimum Gasteiger partial charge on any atom is -0.440 e. The van der Waals surface area contributed by atoms with Crippen molar-refractivity contribution in [2.75, 3.05) is 28.7 Å². The van der Waals surface area contributed by atoms with Crippen LogP contribution in [0, 0.1) is 0 Å². The molecular weight excluding hydrogens is 733 g/mol. The normalized spacial score (nSPS) is 18.6. The summed E-state index contributed by atoms with van der Waals surface area (Å²) in [6, 6.07) is 43.5. The van der Waals surface area contributed by atoms with Gasteiger partial charge < -0.3 is 56.4 Å². The Hall–Kier alpha value is -5.87. The van der Waals surface area contributed by atoms with Crippen LogP contribution in [0.15, 0.2) is 156 Å². The van der Waals surface area contributed by atoms with Crippen molar-refractivity contribution in [2.24, 2.45) is 4.52 Å². The van der Waals surface area contributed by atoms with Gasteiger partial charge in [-0.15, -0.1) is 4.52 Å². The van der Waals surface area contributed by atoms with E-state index in [0.717, 1.165) is 0 Å². The average Bonchev–Trinajstić information content (AvgIpc) is 3.16. The quantitative estimate of drug-likeness (QED) is 0.0582. The standard InChI is InChI=1S/C36H35N8O6P3/c37-26-6-16-31(17-7-26)45-43-51(47-33-20-10-28(39)11-21-33)42-53(49-35-4-2-1-3-5-35,50-36-24-14-30(41)15-25-36)44(46-32-18-8-27(38)9-19-32)52(43)48-34-22-12-29(40)13-23-34/h1-25H,37-41H2. The maximum atomic E-state index is 6.88. The number of benzene rings is 6. The highest BCUT2D eigenvalue weighted by molar-refractivity contribution is 7.78. The summed E-state index contributed by atoms with van der Waals surface area (Å²) >= 11 is 0. The summed E-state index contributed by atoms with van der Waals surface area (Å²) in [4.78, 5) is 13.4. The molecule has 0 aromatic heterocycles. The van der Waals surface area contributed by atoms with E-state index in [4.69, 9.17) is 61.0 Å². The van der Waals surface area contributed by atoms with Crippen LogP contribution in [0.25, 0.3) is 0 Å². The molecule has 0 amide bonds. The van der Waals surface area contributed by atoms with Crippen molar-refractivity contribution >= 4 is 53.0 Å². The van der Waals surface area contributed by atoms with Crippen LogP contribution in [-0.4, -0.2) is 9.21 Å². The zero-order valence-electron chi connectivity index (χ0n) is 28.0. The second-order valence-electron chi connectivity index (χ2n) is 11.3. The van der Waals surface area contributed by atoms with Crippen LogP contribution < -0.4 is 56.4 Å². The fourth-order valence-electron chi connectivity index (χ4n) is 4.57. The fraction of sp³-hybridized carbons (Fsp3) is 0. The Morgan fingerprint density at radius 2 is 0.792 bits per heavy atom. The Balaban J connectivity index is 1.47. The molecule has 6 aromatic rings. The van der Waals surface area contributed by atoms with Crippen molar-refractivity contribution in [1.29, 1.82) is 0 Å². The van der Waals surface area contributed by atoms with E-state index in [9.17, 15) is 0 Å². The lowest BCUT2D eigenvalue weighted by atomic mass is 10.3. The van der Waals surface area contributed by atoms with Crippen molar-refractivity contribution < 1.29 is 27.8 Å². The smallest absolute Gasteiger partial charge is 0.440 e. The molecule has 10 N–H and O–H groups in total. The van der Waals surface area contributed by atoms with Gasteiger partial charge in [0.15, 0.2) is 0 Å². The molecule has 7 rings (SSSR count). The predicted octanol–water partition coefficient (Wildman–Crippen LogP) is 9.22. The number of para-hydroxylation sites is 1. The molecule has 0 aliphatic carbocycles. The van der Waals surface area contributed by atoms with Crippen LogP contribution >= 0.6 is 24.6 Å². The minimum atomic E-state index is -3.91. The van der Waals surface area contributed by atoms with E-state index < -0.39 is 24.6 Å². The van der Waals surface area contributed by atoms with Crippen LogP contribution in [0.5, 0.6) is 34.5 Å². The summed E-state index contributed by atoms with van der Waals surface area (Å²) in [5.74, 6) is 2.48. The maximum Gasteiger partial charge on any atom is 0.447 e. The van der Waals surface area contributed by atoms with Crippen LogP contribution in [0.4, 0.5) is 28.4 Å². The van der Waals surface area contributed by atoms with E-state index in [1.807, 2.05) is 18.2 Å². The van der Waals surface area contributed by atoms with Crippen molar-refractivity contribution in [1.82, 2.24) is 9.21 Å². The Labute approximate surface area is 308 Å². The summed E-state index contributed by atoms with van der Waals surface area (Å²) < 4.78 is 35.4. The van der Waals surface area contributed by atoms with Gasteiger partial charge in [-0.05, 0) is 133 Å². The van der Waals surface area contributed by atoms with Gasteiger partial charge >= 0.3 is 24.6 Å². The molecule has 0 radical (unpaired) electrons. The van der Waals surface area contributed by atoms with Crippen LogP contribution in [0.3, 0.4) is 0 Å². The molecule has 0 bridgehead atoms. The first-order chi connectivity index (χ1) is 25.7. The molecule has 3 unspecified atom stereocenters. The van der Waals surface area contributed by atoms with Gasteiger partial charge in [-0.1, -0.05) is 18.2 Å². The Morgan fingerprint density at radius 3 is 1.26 bits per heavy atom. The van der Waals surface area contributed by atoms with Gasteiger partial charge in [0.1, 0.15) is 34.5 Å². The van der Waals surface area contributed by atoms with Gasteiger partial charge in [0, 0.05) is 37.6 Å². The summed E-state index contributed by atoms with van der Waals surface area (Å²) in [6.45, 7) is 0. The molecule has 0 spiro atoms. The average molecular weight is 769 g/mol. The molecule has 14 nitrogen and oxygen atoms in total. The van der Waals surface area contributed by atoms with E-state index in [1.54, 1.807) is 133 Å². The fourth-order valence-corrected chi connectivity index (χ4v) is 12.1. The highest BCUT2D eigenvalue weighted by atomic mass is 31.3. The SMILES string of the molecule is Nc1ccc(ON2P(Oc3ccc(N)cc3)N=P(Oc3ccccc3)(Oc3ccc(N)cc3)N(Oc3ccc(N)cc3)P2Oc2ccc(N)cc2)cc1. The Kier molecular flexibility index (Phi) is 10.6. The van der Waals surface area contributed by atoms with Gasteiger partial charge in [-0.2, -0.15) is 0 Å². The third-order valence-electron chi connectivity index (χ3n) is 7.19. The third kappa shape index (κ3) is 8.78. The highest BCUT2D eigenvalue weighted by Gasteiger charge is 2.58. The molecule has 6 aromatic carbocycles. The molecule has 53 heavy (non-hydrogen) atoms. The van der Waals surface area contributed by atoms with E-state index in [0.29, 0.717) is 62.9 Å². The summed E-state index contributed by atoms with van der Waals surface area (Å²) in [5, 5.41) is 0. The van der Waals surface area contributed by atoms with Gasteiger partial charge in [-0.3, -0.25) is 0 Å². The topological polar surface area (TPSA) is 204 Å². The number of hydrogen-bond donors (Lipinski definition) is 5. The molecule has 0 saturated heterocycles. The first-order valence-electron chi connectivity index (χ1n) is 16.0. The highest BCUT2D eigenvalue weighted by Crippen LogP contribution is 2.77. The number of nitrogen functional groups attached to an aromatic ring is 5. The third-order valence-corrected chi connectivity index (χ3v) is 14.0. The van der Waals surface area contributed by atoms with Crippen molar-refractivity contribution in [3.63, 3.8) is 0 Å². The zero-order valence-corrected chi connectivity index (χ0v) is 30.6. The number of nitrogens with zero attached hydrogens (tertiary/aromatic N) is 3. The maximum absolute atomic E-state index is 6.88. The molecule has 1 aliphatic rings. The van der Waals surface area contributed by atoms with Gasteiger partial charge in [0.25, 0.3) is 0 Å². The van der Waals surface area contributed by atoms with E-state index >= 15 is 0 Å². The minimum absolute atomic E-state index is 0.378. The summed E-state index contributed by atoms with van der Waals surface area (Å²) in [6.07, 6.45) is 0. The van der Waals surface area contributed by atoms with Crippen LogP contribution in [0.2, 0.25) is 0 Å². The van der Waals surface area contributed by atoms with Crippen molar-refractivity contribution in [3.8, 4) is 34.5 Å². The summed E-state index contributed by atoms with van der Waals surface area (Å²) in [5.41, 5.74) is 33.0. The first-order valence-corrected chi connectivity index (χ1v) is 19.8. The monoisotopic (exact) mass is 768 g/mol. The van der Waals surface area contributed by atoms with Gasteiger partial charge in [-0.25, -0.2) is 0 Å². The first kappa shape index (κ1) is 35.5. The lowest BCUT2D eigenvalue weighted by Gasteiger charge is -2.43. The predicted molar refractivity (Wildman–Crippen MR) is 211 cm³/mol. The van der Waals surface area contributed by atoms with Crippen molar-refractivity contribution in [2.45, 2.75) is 0 Å². The lowest BCUT2D eigenvalue weighted by Crippen LogP contribution is -2.37. The molecule has 270 valence electrons. The van der Waals surface area contributed by atoms with Crippen molar-refractivity contribution in [3.05, 3.63) is 152 Å². The second kappa shape index (κ2) is 15.8. The van der Waals surface area contributed by atoms with E-state index in [-0.39, 0.29) is 0 Å². The zero-order chi connectivity index (χ0) is 36.8. The number of hydrogen-bond acceptors (Lipinski definition) is 14. The number of anilines is 5. The van der Waals surface area contributed by atoms with E-state index in [1.165, 1.54) is 9.21 Å². The molecule has 1 heterocycles. The number of rotatable bonds is 12. The second-order valence-corrected chi connectivity index (χ2v) is 16.8. The summed E-state index contributed by atoms with van der Waals surface area (Å²) in [7, 11) is -8.42. The molecule has 0 fully saturated rings. The molecule has 3 atom stereocenters. The molecule has 0 saturated carbocycles. The van der Waals surface area contributed by atoms with Gasteiger partial charge in [0.05, 0.1) is 0 Å². The lowest BCUT2D eigenvalue weighted by molar-refractivity contribution is 0.0546. The molecule has 1 aliphatic heterocycles. The molecular formula is C36H35N8O6P3. The number of nitrogens with two attached hydrogens (primary N) is 5. The van der Waals surface area contributed by atoms with Crippen LogP contribution in [-0.2, 0) is 0 Å². The Morgan fingerprint density at radius 1 is 0.415 bits per heavy atom. The van der Waals surface area contributed by atoms with Gasteiger partial charge in [0.2, 0.25) is 0 Å². The van der Waals surface area contributed by atoms with E-state index in [2.05, 4.69) is 0 Å². The Bertz CT molecular complexity index is 2170.